The number of rotatable bonds is 7. The molecule has 0 radical (unpaired) electrons. The van der Waals surface area contributed by atoms with E-state index < -0.39 is 0 Å². The molecule has 0 N–H and O–H groups in total. The van der Waals surface area contributed by atoms with E-state index in [1.807, 2.05) is 47.4 Å². The Morgan fingerprint density at radius 2 is 1.73 bits per heavy atom. The Morgan fingerprint density at radius 1 is 1.00 bits per heavy atom. The number of likely N-dealkylation sites (tertiary alicyclic amines) is 1. The highest BCUT2D eigenvalue weighted by Crippen LogP contribution is 2.20. The van der Waals surface area contributed by atoms with Crippen LogP contribution in [0.15, 0.2) is 54.6 Å². The van der Waals surface area contributed by atoms with Crippen molar-refractivity contribution in [1.82, 2.24) is 4.90 Å². The van der Waals surface area contributed by atoms with Crippen LogP contribution < -0.4 is 9.47 Å². The molecule has 26 heavy (non-hydrogen) atoms. The number of benzene rings is 2. The lowest BCUT2D eigenvalue weighted by Gasteiger charge is -2.32. The van der Waals surface area contributed by atoms with Gasteiger partial charge in [-0.2, -0.15) is 0 Å². The maximum Gasteiger partial charge on any atom is 0.225 e. The summed E-state index contributed by atoms with van der Waals surface area (Å²) in [6.07, 6.45) is 2.42. The Hall–Kier alpha value is -2.49. The SMILES string of the molecule is Cc1cccc(OCC2CCN(C(=O)CCOc3ccccc3)CC2)c1. The molecule has 1 aliphatic heterocycles. The molecule has 1 saturated heterocycles. The van der Waals surface area contributed by atoms with Crippen LogP contribution in [0.1, 0.15) is 24.8 Å². The number of nitrogens with zero attached hydrogens (tertiary/aromatic N) is 1. The fourth-order valence-corrected chi connectivity index (χ4v) is 3.20. The van der Waals surface area contributed by atoms with Gasteiger partial charge in [0.25, 0.3) is 0 Å². The summed E-state index contributed by atoms with van der Waals surface area (Å²) >= 11 is 0. The van der Waals surface area contributed by atoms with Crippen molar-refractivity contribution in [3.05, 3.63) is 60.2 Å². The molecule has 0 aliphatic carbocycles. The van der Waals surface area contributed by atoms with E-state index in [9.17, 15) is 4.79 Å². The van der Waals surface area contributed by atoms with Gasteiger partial charge in [0.1, 0.15) is 11.5 Å². The molecule has 0 spiro atoms. The van der Waals surface area contributed by atoms with Gasteiger partial charge in [0, 0.05) is 13.1 Å². The van der Waals surface area contributed by atoms with Gasteiger partial charge in [0.2, 0.25) is 5.91 Å². The molecule has 4 heteroatoms. The van der Waals surface area contributed by atoms with E-state index in [1.165, 1.54) is 5.56 Å². The van der Waals surface area contributed by atoms with Crippen molar-refractivity contribution in [2.75, 3.05) is 26.3 Å². The quantitative estimate of drug-likeness (QED) is 0.753. The summed E-state index contributed by atoms with van der Waals surface area (Å²) in [7, 11) is 0. The average molecular weight is 353 g/mol. The zero-order chi connectivity index (χ0) is 18.2. The molecule has 1 heterocycles. The van der Waals surface area contributed by atoms with Gasteiger partial charge in [-0.3, -0.25) is 4.79 Å². The molecule has 0 aromatic heterocycles. The second kappa shape index (κ2) is 9.27. The highest BCUT2D eigenvalue weighted by molar-refractivity contribution is 5.76. The first-order valence-electron chi connectivity index (χ1n) is 9.36. The normalized spacial score (nSPS) is 14.9. The molecule has 2 aromatic carbocycles. The number of amides is 1. The Labute approximate surface area is 155 Å². The molecule has 1 fully saturated rings. The number of para-hydroxylation sites is 1. The number of piperidine rings is 1. The summed E-state index contributed by atoms with van der Waals surface area (Å²) < 4.78 is 11.5. The zero-order valence-corrected chi connectivity index (χ0v) is 15.4. The van der Waals surface area contributed by atoms with Crippen LogP contribution in [-0.2, 0) is 4.79 Å². The first-order valence-corrected chi connectivity index (χ1v) is 9.36. The molecule has 138 valence electrons. The van der Waals surface area contributed by atoms with Gasteiger partial charge in [-0.05, 0) is 55.5 Å². The van der Waals surface area contributed by atoms with Crippen LogP contribution in [0.5, 0.6) is 11.5 Å². The van der Waals surface area contributed by atoms with Crippen LogP contribution in [0.25, 0.3) is 0 Å². The standard InChI is InChI=1S/C22H27NO3/c1-18-6-5-9-21(16-18)26-17-19-10-13-23(14-11-19)22(24)12-15-25-20-7-3-2-4-8-20/h2-9,16,19H,10-15,17H2,1H3. The Morgan fingerprint density at radius 3 is 2.46 bits per heavy atom. The van der Waals surface area contributed by atoms with Crippen molar-refractivity contribution in [1.29, 1.82) is 0 Å². The predicted octanol–water partition coefficient (Wildman–Crippen LogP) is 4.08. The fraction of sp³-hybridized carbons (Fsp3) is 0.409. The number of carbonyl (C=O) groups is 1. The summed E-state index contributed by atoms with van der Waals surface area (Å²) in [6.45, 7) is 4.85. The van der Waals surface area contributed by atoms with Crippen LogP contribution in [0.4, 0.5) is 0 Å². The summed E-state index contributed by atoms with van der Waals surface area (Å²) in [5.41, 5.74) is 1.21. The van der Waals surface area contributed by atoms with Crippen molar-refractivity contribution < 1.29 is 14.3 Å². The molecular weight excluding hydrogens is 326 g/mol. The molecular formula is C22H27NO3. The van der Waals surface area contributed by atoms with Crippen molar-refractivity contribution >= 4 is 5.91 Å². The van der Waals surface area contributed by atoms with E-state index in [4.69, 9.17) is 9.47 Å². The van der Waals surface area contributed by atoms with E-state index in [0.29, 0.717) is 18.9 Å². The smallest absolute Gasteiger partial charge is 0.225 e. The molecule has 0 atom stereocenters. The van der Waals surface area contributed by atoms with Gasteiger partial charge in [0.05, 0.1) is 19.6 Å². The van der Waals surface area contributed by atoms with Crippen LogP contribution in [0.3, 0.4) is 0 Å². The Kier molecular flexibility index (Phi) is 6.53. The minimum atomic E-state index is 0.180. The van der Waals surface area contributed by atoms with Crippen molar-refractivity contribution in [3.63, 3.8) is 0 Å². The molecule has 1 amide bonds. The zero-order valence-electron chi connectivity index (χ0n) is 15.4. The molecule has 3 rings (SSSR count). The molecule has 0 saturated carbocycles. The number of hydrogen-bond donors (Lipinski definition) is 0. The van der Waals surface area contributed by atoms with Gasteiger partial charge in [-0.25, -0.2) is 0 Å². The first-order chi connectivity index (χ1) is 12.7. The summed E-state index contributed by atoms with van der Waals surface area (Å²) in [4.78, 5) is 14.3. The van der Waals surface area contributed by atoms with E-state index in [0.717, 1.165) is 44.0 Å². The number of hydrogen-bond acceptors (Lipinski definition) is 3. The van der Waals surface area contributed by atoms with Crippen LogP contribution in [-0.4, -0.2) is 37.1 Å². The minimum absolute atomic E-state index is 0.180. The third-order valence-corrected chi connectivity index (χ3v) is 4.77. The molecule has 1 aliphatic rings. The predicted molar refractivity (Wildman–Crippen MR) is 103 cm³/mol. The van der Waals surface area contributed by atoms with Crippen molar-refractivity contribution in [3.8, 4) is 11.5 Å². The lowest BCUT2D eigenvalue weighted by molar-refractivity contribution is -0.133. The third-order valence-electron chi connectivity index (χ3n) is 4.77. The van der Waals surface area contributed by atoms with Gasteiger partial charge in [0.15, 0.2) is 0 Å². The monoisotopic (exact) mass is 353 g/mol. The van der Waals surface area contributed by atoms with Gasteiger partial charge < -0.3 is 14.4 Å². The number of ether oxygens (including phenoxy) is 2. The Bertz CT molecular complexity index is 694. The van der Waals surface area contributed by atoms with Crippen LogP contribution in [0, 0.1) is 12.8 Å². The van der Waals surface area contributed by atoms with Crippen molar-refractivity contribution in [2.24, 2.45) is 5.92 Å². The summed E-state index contributed by atoms with van der Waals surface area (Å²) in [6, 6.07) is 17.8. The average Bonchev–Trinajstić information content (AvgIpc) is 2.68. The number of carbonyl (C=O) groups excluding carboxylic acids is 1. The molecule has 2 aromatic rings. The highest BCUT2D eigenvalue weighted by Gasteiger charge is 2.23. The maximum atomic E-state index is 12.3. The highest BCUT2D eigenvalue weighted by atomic mass is 16.5. The van der Waals surface area contributed by atoms with E-state index in [-0.39, 0.29) is 5.91 Å². The second-order valence-corrected chi connectivity index (χ2v) is 6.86. The van der Waals surface area contributed by atoms with E-state index in [2.05, 4.69) is 19.1 Å². The van der Waals surface area contributed by atoms with Crippen LogP contribution >= 0.6 is 0 Å². The topological polar surface area (TPSA) is 38.8 Å². The van der Waals surface area contributed by atoms with Gasteiger partial charge in [-0.1, -0.05) is 30.3 Å². The molecule has 0 bridgehead atoms. The largest absolute Gasteiger partial charge is 0.493 e. The maximum absolute atomic E-state index is 12.3. The van der Waals surface area contributed by atoms with Gasteiger partial charge >= 0.3 is 0 Å². The fourth-order valence-electron chi connectivity index (χ4n) is 3.20. The molecule has 4 nitrogen and oxygen atoms in total. The second-order valence-electron chi connectivity index (χ2n) is 6.86. The Balaban J connectivity index is 1.34. The van der Waals surface area contributed by atoms with E-state index >= 15 is 0 Å². The lowest BCUT2D eigenvalue weighted by atomic mass is 9.97. The minimum Gasteiger partial charge on any atom is -0.493 e. The number of aryl methyl sites for hydroxylation is 1. The summed E-state index contributed by atoms with van der Waals surface area (Å²) in [5.74, 6) is 2.44. The van der Waals surface area contributed by atoms with Crippen LogP contribution in [0.2, 0.25) is 0 Å². The molecule has 0 unspecified atom stereocenters. The lowest BCUT2D eigenvalue weighted by Crippen LogP contribution is -2.40. The van der Waals surface area contributed by atoms with Crippen molar-refractivity contribution in [2.45, 2.75) is 26.2 Å². The summed E-state index contributed by atoms with van der Waals surface area (Å²) in [5, 5.41) is 0. The van der Waals surface area contributed by atoms with Gasteiger partial charge in [-0.15, -0.1) is 0 Å². The van der Waals surface area contributed by atoms with E-state index in [1.54, 1.807) is 0 Å². The first kappa shape index (κ1) is 18.3. The third kappa shape index (κ3) is 5.51.